The molecular weight excluding hydrogens is 298 g/mol. The maximum Gasteiger partial charge on any atom is 0.329 e. The summed E-state index contributed by atoms with van der Waals surface area (Å²) in [6, 6.07) is 0. The zero-order valence-electron chi connectivity index (χ0n) is 12.5. The molecule has 10 heteroatoms. The van der Waals surface area contributed by atoms with Crippen LogP contribution < -0.4 is 0 Å². The van der Waals surface area contributed by atoms with E-state index in [9.17, 15) is 4.79 Å². The molecule has 0 rings (SSSR count). The molecule has 0 saturated heterocycles. The molecule has 0 aliphatic carbocycles. The molecule has 0 atom stereocenters. The molecule has 1 N–H and O–H groups in total. The van der Waals surface area contributed by atoms with Crippen LogP contribution in [0.3, 0.4) is 0 Å². The van der Waals surface area contributed by atoms with Gasteiger partial charge in [-0.05, 0) is 5.53 Å². The van der Waals surface area contributed by atoms with Crippen LogP contribution in [0, 0.1) is 0 Å². The lowest BCUT2D eigenvalue weighted by Gasteiger charge is -2.07. The zero-order valence-corrected chi connectivity index (χ0v) is 12.5. The number of nitrogens with zero attached hydrogens (tertiary/aromatic N) is 3. The van der Waals surface area contributed by atoms with Gasteiger partial charge >= 0.3 is 5.97 Å². The lowest BCUT2D eigenvalue weighted by Crippen LogP contribution is -2.14. The zero-order chi connectivity index (χ0) is 16.3. The maximum atomic E-state index is 10.1. The monoisotopic (exact) mass is 321 g/mol. The van der Waals surface area contributed by atoms with Crippen molar-refractivity contribution in [3.05, 3.63) is 10.4 Å². The van der Waals surface area contributed by atoms with Crippen LogP contribution in [0.5, 0.6) is 0 Å². The van der Waals surface area contributed by atoms with Crippen LogP contribution in [0.15, 0.2) is 5.11 Å². The fraction of sp³-hybridized carbons (Fsp3) is 0.917. The predicted molar refractivity (Wildman–Crippen MR) is 75.7 cm³/mol. The second kappa shape index (κ2) is 17.6. The number of carboxylic acid groups (broad SMARTS) is 1. The van der Waals surface area contributed by atoms with Gasteiger partial charge in [-0.15, -0.1) is 0 Å². The first-order valence-corrected chi connectivity index (χ1v) is 6.88. The van der Waals surface area contributed by atoms with E-state index in [1.807, 2.05) is 0 Å². The summed E-state index contributed by atoms with van der Waals surface area (Å²) in [7, 11) is 0. The van der Waals surface area contributed by atoms with Gasteiger partial charge in [0.2, 0.25) is 0 Å². The fourth-order valence-electron chi connectivity index (χ4n) is 1.19. The Balaban J connectivity index is 2.99. The van der Waals surface area contributed by atoms with Crippen molar-refractivity contribution in [2.75, 3.05) is 72.6 Å². The summed E-state index contributed by atoms with van der Waals surface area (Å²) in [6.07, 6.45) is 0. The summed E-state index contributed by atoms with van der Waals surface area (Å²) < 4.78 is 25.6. The summed E-state index contributed by atoms with van der Waals surface area (Å²) in [5.74, 6) is -0.996. The fourth-order valence-corrected chi connectivity index (χ4v) is 1.19. The highest BCUT2D eigenvalue weighted by Gasteiger charge is 1.96. The molecule has 0 aliphatic heterocycles. The molecule has 22 heavy (non-hydrogen) atoms. The van der Waals surface area contributed by atoms with Gasteiger partial charge in [-0.1, -0.05) is 5.11 Å². The van der Waals surface area contributed by atoms with Gasteiger partial charge in [0, 0.05) is 11.5 Å². The van der Waals surface area contributed by atoms with Crippen molar-refractivity contribution in [1.29, 1.82) is 0 Å². The number of hydrogen-bond donors (Lipinski definition) is 1. The van der Waals surface area contributed by atoms with Gasteiger partial charge in [-0.25, -0.2) is 4.79 Å². The van der Waals surface area contributed by atoms with E-state index >= 15 is 0 Å². The largest absolute Gasteiger partial charge is 0.480 e. The molecule has 0 radical (unpaired) electrons. The first kappa shape index (κ1) is 20.6. The van der Waals surface area contributed by atoms with Gasteiger partial charge in [0.15, 0.2) is 0 Å². The van der Waals surface area contributed by atoms with Crippen LogP contribution in [0.4, 0.5) is 0 Å². The highest BCUT2D eigenvalue weighted by Crippen LogP contribution is 1.84. The molecule has 0 saturated carbocycles. The lowest BCUT2D eigenvalue weighted by atomic mass is 10.6. The SMILES string of the molecule is [N-]=[N+]=NCCOCCOCCOCCOCCOCC(=O)O. The van der Waals surface area contributed by atoms with E-state index in [1.165, 1.54) is 0 Å². The van der Waals surface area contributed by atoms with E-state index in [-0.39, 0.29) is 13.2 Å². The number of rotatable bonds is 17. The van der Waals surface area contributed by atoms with Gasteiger partial charge in [0.05, 0.1) is 59.5 Å². The molecule has 10 nitrogen and oxygen atoms in total. The van der Waals surface area contributed by atoms with Crippen molar-refractivity contribution < 1.29 is 33.6 Å². The van der Waals surface area contributed by atoms with Crippen LogP contribution >= 0.6 is 0 Å². The van der Waals surface area contributed by atoms with Gasteiger partial charge in [0.25, 0.3) is 0 Å². The minimum absolute atomic E-state index is 0.245. The number of aliphatic carboxylic acids is 1. The Morgan fingerprint density at radius 3 is 1.64 bits per heavy atom. The van der Waals surface area contributed by atoms with Crippen LogP contribution in [-0.2, 0) is 28.5 Å². The van der Waals surface area contributed by atoms with Crippen molar-refractivity contribution in [2.45, 2.75) is 0 Å². The van der Waals surface area contributed by atoms with Crippen LogP contribution in [-0.4, -0.2) is 83.7 Å². The van der Waals surface area contributed by atoms with Crippen LogP contribution in [0.25, 0.3) is 10.4 Å². The molecule has 0 amide bonds. The van der Waals surface area contributed by atoms with Crippen molar-refractivity contribution in [1.82, 2.24) is 0 Å². The van der Waals surface area contributed by atoms with Gasteiger partial charge in [-0.2, -0.15) is 0 Å². The smallest absolute Gasteiger partial charge is 0.329 e. The minimum Gasteiger partial charge on any atom is -0.480 e. The van der Waals surface area contributed by atoms with E-state index in [0.717, 1.165) is 0 Å². The van der Waals surface area contributed by atoms with Crippen LogP contribution in [0.2, 0.25) is 0 Å². The number of ether oxygens (including phenoxy) is 5. The number of carbonyl (C=O) groups is 1. The quantitative estimate of drug-likeness (QED) is 0.178. The second-order valence-electron chi connectivity index (χ2n) is 3.85. The standard InChI is InChI=1S/C12H23N3O7/c13-15-14-1-2-18-3-4-19-5-6-20-7-8-21-9-10-22-11-12(16)17/h1-11H2,(H,16,17). The third kappa shape index (κ3) is 18.6. The number of carboxylic acids is 1. The molecule has 0 bridgehead atoms. The lowest BCUT2D eigenvalue weighted by molar-refractivity contribution is -0.142. The molecule has 128 valence electrons. The topological polar surface area (TPSA) is 132 Å². The Morgan fingerprint density at radius 1 is 0.818 bits per heavy atom. The highest BCUT2D eigenvalue weighted by molar-refractivity contribution is 5.67. The Morgan fingerprint density at radius 2 is 1.23 bits per heavy atom. The summed E-state index contributed by atoms with van der Waals surface area (Å²) in [4.78, 5) is 12.7. The Kier molecular flexibility index (Phi) is 16.5. The molecule has 0 aromatic rings. The van der Waals surface area contributed by atoms with Crippen molar-refractivity contribution in [3.8, 4) is 0 Å². The average Bonchev–Trinajstić information content (AvgIpc) is 2.50. The molecule has 0 aromatic carbocycles. The van der Waals surface area contributed by atoms with E-state index in [4.69, 9.17) is 34.3 Å². The van der Waals surface area contributed by atoms with Gasteiger partial charge in [-0.3, -0.25) is 0 Å². The predicted octanol–water partition coefficient (Wildman–Crippen LogP) is 0.464. The molecule has 0 aromatic heterocycles. The highest BCUT2D eigenvalue weighted by atomic mass is 16.6. The summed E-state index contributed by atoms with van der Waals surface area (Å²) >= 11 is 0. The third-order valence-electron chi connectivity index (χ3n) is 2.11. The minimum atomic E-state index is -0.996. The molecular formula is C12H23N3O7. The summed E-state index contributed by atoms with van der Waals surface area (Å²) in [5.41, 5.74) is 8.03. The van der Waals surface area contributed by atoms with Crippen LogP contribution in [0.1, 0.15) is 0 Å². The van der Waals surface area contributed by atoms with E-state index in [2.05, 4.69) is 10.0 Å². The average molecular weight is 321 g/mol. The maximum absolute atomic E-state index is 10.1. The summed E-state index contributed by atoms with van der Waals surface area (Å²) in [5, 5.41) is 11.6. The Labute approximate surface area is 128 Å². The molecule has 0 spiro atoms. The second-order valence-corrected chi connectivity index (χ2v) is 3.85. The molecule has 0 heterocycles. The summed E-state index contributed by atoms with van der Waals surface area (Å²) in [6.45, 7) is 3.64. The van der Waals surface area contributed by atoms with Gasteiger partial charge in [0.1, 0.15) is 6.61 Å². The van der Waals surface area contributed by atoms with Gasteiger partial charge < -0.3 is 28.8 Å². The molecule has 0 aliphatic rings. The Bertz CT molecular complexity index is 295. The van der Waals surface area contributed by atoms with E-state index in [0.29, 0.717) is 59.4 Å². The first-order chi connectivity index (χ1) is 10.8. The molecule has 0 fully saturated rings. The molecule has 0 unspecified atom stereocenters. The number of azide groups is 1. The first-order valence-electron chi connectivity index (χ1n) is 6.88. The van der Waals surface area contributed by atoms with Crippen molar-refractivity contribution in [2.24, 2.45) is 5.11 Å². The normalized spacial score (nSPS) is 10.4. The van der Waals surface area contributed by atoms with Crippen molar-refractivity contribution in [3.63, 3.8) is 0 Å². The Hall–Kier alpha value is -1.42. The van der Waals surface area contributed by atoms with E-state index < -0.39 is 5.97 Å². The van der Waals surface area contributed by atoms with E-state index in [1.54, 1.807) is 0 Å². The third-order valence-corrected chi connectivity index (χ3v) is 2.11. The van der Waals surface area contributed by atoms with Crippen molar-refractivity contribution >= 4 is 5.97 Å². The number of hydrogen-bond acceptors (Lipinski definition) is 7.